The lowest BCUT2D eigenvalue weighted by molar-refractivity contribution is 0.318. The lowest BCUT2D eigenvalue weighted by Crippen LogP contribution is -2.24. The van der Waals surface area contributed by atoms with Gasteiger partial charge in [-0.15, -0.1) is 0 Å². The van der Waals surface area contributed by atoms with Crippen LogP contribution >= 0.6 is 0 Å². The van der Waals surface area contributed by atoms with Crippen molar-refractivity contribution < 1.29 is 9.94 Å². The van der Waals surface area contributed by atoms with E-state index in [1.165, 1.54) is 32.1 Å². The van der Waals surface area contributed by atoms with Crippen molar-refractivity contribution in [3.05, 3.63) is 29.3 Å². The van der Waals surface area contributed by atoms with Gasteiger partial charge in [-0.2, -0.15) is 0 Å². The number of nitrogens with zero attached hydrogens (tertiary/aromatic N) is 1. The first-order valence-corrected chi connectivity index (χ1v) is 7.60. The summed E-state index contributed by atoms with van der Waals surface area (Å²) in [6.45, 7) is 1.88. The van der Waals surface area contributed by atoms with Crippen LogP contribution in [0.3, 0.4) is 0 Å². The van der Waals surface area contributed by atoms with E-state index in [1.807, 2.05) is 18.2 Å². The number of oxime groups is 1. The number of hydrogen-bond acceptors (Lipinski definition) is 4. The van der Waals surface area contributed by atoms with E-state index in [0.29, 0.717) is 11.3 Å². The molecule has 0 aliphatic heterocycles. The predicted octanol–water partition coefficient (Wildman–Crippen LogP) is 2.46. The summed E-state index contributed by atoms with van der Waals surface area (Å²) in [6.07, 6.45) is 6.82. The zero-order valence-electron chi connectivity index (χ0n) is 12.6. The lowest BCUT2D eigenvalue weighted by atomic mass is 9.89. The fourth-order valence-electron chi connectivity index (χ4n) is 2.92. The molecule has 1 saturated carbocycles. The molecule has 1 aliphatic carbocycles. The Morgan fingerprint density at radius 2 is 2.14 bits per heavy atom. The minimum atomic E-state index is 0.0635. The van der Waals surface area contributed by atoms with Gasteiger partial charge in [-0.25, -0.2) is 0 Å². The monoisotopic (exact) mass is 291 g/mol. The fraction of sp³-hybridized carbons (Fsp3) is 0.562. The number of ether oxygens (including phenoxy) is 1. The van der Waals surface area contributed by atoms with E-state index < -0.39 is 0 Å². The molecule has 116 valence electrons. The smallest absolute Gasteiger partial charge is 0.173 e. The van der Waals surface area contributed by atoms with Gasteiger partial charge in [0.05, 0.1) is 12.7 Å². The van der Waals surface area contributed by atoms with E-state index >= 15 is 0 Å². The number of rotatable bonds is 6. The molecule has 0 atom stereocenters. The number of benzene rings is 1. The van der Waals surface area contributed by atoms with Gasteiger partial charge in [0.1, 0.15) is 5.75 Å². The quantitative estimate of drug-likeness (QED) is 0.325. The number of nitrogens with two attached hydrogens (primary N) is 1. The molecule has 0 spiro atoms. The summed E-state index contributed by atoms with van der Waals surface area (Å²) < 4.78 is 5.31. The molecule has 2 rings (SSSR count). The maximum Gasteiger partial charge on any atom is 0.173 e. The highest BCUT2D eigenvalue weighted by Crippen LogP contribution is 2.23. The molecule has 1 aliphatic rings. The van der Waals surface area contributed by atoms with Crippen LogP contribution in [-0.2, 0) is 6.54 Å². The van der Waals surface area contributed by atoms with Gasteiger partial charge in [0.25, 0.3) is 0 Å². The largest absolute Gasteiger partial charge is 0.496 e. The Bertz CT molecular complexity index is 482. The third-order valence-electron chi connectivity index (χ3n) is 4.14. The maximum absolute atomic E-state index is 8.76. The van der Waals surface area contributed by atoms with Crippen molar-refractivity contribution in [1.82, 2.24) is 5.32 Å². The standard InChI is InChI=1S/C16H25N3O2/c1-21-15-9-13(7-8-14(15)16(17)19-20)11-18-10-12-5-3-2-4-6-12/h7-9,12,18,20H,2-6,10-11H2,1H3,(H2,17,19). The Hall–Kier alpha value is -1.75. The number of methoxy groups -OCH3 is 1. The molecule has 21 heavy (non-hydrogen) atoms. The van der Waals surface area contributed by atoms with Crippen LogP contribution < -0.4 is 15.8 Å². The number of amidine groups is 1. The van der Waals surface area contributed by atoms with E-state index in [-0.39, 0.29) is 5.84 Å². The Kier molecular flexibility index (Phi) is 5.87. The summed E-state index contributed by atoms with van der Waals surface area (Å²) in [7, 11) is 1.59. The van der Waals surface area contributed by atoms with Crippen molar-refractivity contribution in [2.75, 3.05) is 13.7 Å². The topological polar surface area (TPSA) is 79.9 Å². The van der Waals surface area contributed by atoms with Crippen molar-refractivity contribution in [2.24, 2.45) is 16.8 Å². The normalized spacial score (nSPS) is 16.9. The fourth-order valence-corrected chi connectivity index (χ4v) is 2.92. The molecule has 0 aromatic heterocycles. The van der Waals surface area contributed by atoms with Crippen LogP contribution in [0.25, 0.3) is 0 Å². The van der Waals surface area contributed by atoms with E-state index in [4.69, 9.17) is 15.7 Å². The second-order valence-corrected chi connectivity index (χ2v) is 5.65. The molecule has 0 amide bonds. The molecule has 5 heteroatoms. The van der Waals surface area contributed by atoms with Gasteiger partial charge in [0.2, 0.25) is 0 Å². The molecule has 0 radical (unpaired) electrons. The molecule has 4 N–H and O–H groups in total. The third-order valence-corrected chi connectivity index (χ3v) is 4.14. The molecule has 1 aromatic carbocycles. The highest BCUT2D eigenvalue weighted by atomic mass is 16.5. The molecule has 1 aromatic rings. The van der Waals surface area contributed by atoms with Gasteiger partial charge in [0.15, 0.2) is 5.84 Å². The van der Waals surface area contributed by atoms with Gasteiger partial charge in [-0.1, -0.05) is 30.5 Å². The minimum absolute atomic E-state index is 0.0635. The summed E-state index contributed by atoms with van der Waals surface area (Å²) in [5, 5.41) is 15.3. The number of nitrogens with one attached hydrogen (secondary N) is 1. The van der Waals surface area contributed by atoms with Gasteiger partial charge in [0, 0.05) is 6.54 Å². The Morgan fingerprint density at radius 1 is 1.38 bits per heavy atom. The van der Waals surface area contributed by atoms with Crippen LogP contribution in [-0.4, -0.2) is 24.7 Å². The Morgan fingerprint density at radius 3 is 2.81 bits per heavy atom. The highest BCUT2D eigenvalue weighted by Gasteiger charge is 2.13. The summed E-state index contributed by atoms with van der Waals surface area (Å²) in [4.78, 5) is 0. The first-order valence-electron chi connectivity index (χ1n) is 7.60. The first kappa shape index (κ1) is 15.6. The van der Waals surface area contributed by atoms with Crippen molar-refractivity contribution in [3.63, 3.8) is 0 Å². The van der Waals surface area contributed by atoms with Crippen LogP contribution in [0.2, 0.25) is 0 Å². The lowest BCUT2D eigenvalue weighted by Gasteiger charge is -2.21. The second-order valence-electron chi connectivity index (χ2n) is 5.65. The average molecular weight is 291 g/mol. The zero-order valence-corrected chi connectivity index (χ0v) is 12.6. The maximum atomic E-state index is 8.76. The van der Waals surface area contributed by atoms with E-state index in [1.54, 1.807) is 7.11 Å². The molecular formula is C16H25N3O2. The minimum Gasteiger partial charge on any atom is -0.496 e. The van der Waals surface area contributed by atoms with E-state index in [2.05, 4.69) is 10.5 Å². The summed E-state index contributed by atoms with van der Waals surface area (Å²) in [5.74, 6) is 1.51. The van der Waals surface area contributed by atoms with Crippen LogP contribution in [0.4, 0.5) is 0 Å². The Labute approximate surface area is 126 Å². The highest BCUT2D eigenvalue weighted by molar-refractivity contribution is 5.99. The van der Waals surface area contributed by atoms with Crippen LogP contribution in [0, 0.1) is 5.92 Å². The Balaban J connectivity index is 1.91. The molecule has 0 heterocycles. The van der Waals surface area contributed by atoms with Crippen LogP contribution in [0.5, 0.6) is 5.75 Å². The van der Waals surface area contributed by atoms with Crippen molar-refractivity contribution >= 4 is 5.84 Å². The van der Waals surface area contributed by atoms with E-state index in [9.17, 15) is 0 Å². The third kappa shape index (κ3) is 4.36. The molecule has 0 saturated heterocycles. The molecule has 5 nitrogen and oxygen atoms in total. The number of hydrogen-bond donors (Lipinski definition) is 3. The van der Waals surface area contributed by atoms with Crippen molar-refractivity contribution in [3.8, 4) is 5.75 Å². The first-order chi connectivity index (χ1) is 10.2. The summed E-state index contributed by atoms with van der Waals surface area (Å²) in [6, 6.07) is 5.73. The van der Waals surface area contributed by atoms with Crippen LogP contribution in [0.1, 0.15) is 43.2 Å². The van der Waals surface area contributed by atoms with Gasteiger partial charge >= 0.3 is 0 Å². The van der Waals surface area contributed by atoms with Crippen molar-refractivity contribution in [2.45, 2.75) is 38.6 Å². The molecule has 0 bridgehead atoms. The molecular weight excluding hydrogens is 266 g/mol. The summed E-state index contributed by atoms with van der Waals surface area (Å²) >= 11 is 0. The summed E-state index contributed by atoms with van der Waals surface area (Å²) in [5.41, 5.74) is 7.37. The molecule has 0 unspecified atom stereocenters. The van der Waals surface area contributed by atoms with E-state index in [0.717, 1.165) is 24.6 Å². The average Bonchev–Trinajstić information content (AvgIpc) is 2.55. The second kappa shape index (κ2) is 7.88. The van der Waals surface area contributed by atoms with Crippen molar-refractivity contribution in [1.29, 1.82) is 0 Å². The zero-order chi connectivity index (χ0) is 15.1. The van der Waals surface area contributed by atoms with Crippen LogP contribution in [0.15, 0.2) is 23.4 Å². The van der Waals surface area contributed by atoms with Gasteiger partial charge in [-0.05, 0) is 43.0 Å². The molecule has 1 fully saturated rings. The van der Waals surface area contributed by atoms with Gasteiger partial charge in [-0.3, -0.25) is 0 Å². The van der Waals surface area contributed by atoms with Gasteiger partial charge < -0.3 is 21.0 Å². The SMILES string of the molecule is COc1cc(CNCC2CCCCC2)ccc1/C(N)=N/O. The predicted molar refractivity (Wildman–Crippen MR) is 83.8 cm³/mol.